The Labute approximate surface area is 105 Å². The van der Waals surface area contributed by atoms with Crippen LogP contribution in [0.4, 0.5) is 0 Å². The first kappa shape index (κ1) is 12.1. The van der Waals surface area contributed by atoms with E-state index in [1.165, 1.54) is 0 Å². The highest BCUT2D eigenvalue weighted by atomic mass is 32.2. The van der Waals surface area contributed by atoms with Crippen LogP contribution in [0.1, 0.15) is 18.7 Å². The minimum absolute atomic E-state index is 0.532. The van der Waals surface area contributed by atoms with Crippen molar-refractivity contribution in [3.8, 4) is 5.69 Å². The maximum absolute atomic E-state index is 10.1. The van der Waals surface area contributed by atoms with Crippen molar-refractivity contribution in [2.45, 2.75) is 13.0 Å². The van der Waals surface area contributed by atoms with Crippen LogP contribution in [0.3, 0.4) is 0 Å². The molecular weight excluding hydrogens is 234 g/mol. The Morgan fingerprint density at radius 2 is 2.12 bits per heavy atom. The van der Waals surface area contributed by atoms with Gasteiger partial charge in [-0.05, 0) is 17.9 Å². The topological polar surface area (TPSA) is 50.9 Å². The van der Waals surface area contributed by atoms with E-state index in [9.17, 15) is 5.11 Å². The summed E-state index contributed by atoms with van der Waals surface area (Å²) in [6, 6.07) is 9.71. The van der Waals surface area contributed by atoms with Gasteiger partial charge in [-0.25, -0.2) is 4.68 Å². The third-order valence-corrected chi connectivity index (χ3v) is 3.36. The van der Waals surface area contributed by atoms with Gasteiger partial charge in [-0.1, -0.05) is 30.3 Å². The highest BCUT2D eigenvalue weighted by molar-refractivity contribution is 7.99. The number of aliphatic hydroxyl groups is 1. The van der Waals surface area contributed by atoms with E-state index in [0.717, 1.165) is 17.1 Å². The molecule has 1 aromatic carbocycles. The van der Waals surface area contributed by atoms with Gasteiger partial charge in [0, 0.05) is 5.75 Å². The molecule has 2 aromatic rings. The first-order chi connectivity index (χ1) is 8.33. The minimum atomic E-state index is -0.532. The quantitative estimate of drug-likeness (QED) is 0.881. The van der Waals surface area contributed by atoms with Crippen molar-refractivity contribution in [3.63, 3.8) is 0 Å². The average molecular weight is 249 g/mol. The van der Waals surface area contributed by atoms with Gasteiger partial charge in [0.15, 0.2) is 0 Å². The van der Waals surface area contributed by atoms with Crippen LogP contribution >= 0.6 is 11.8 Å². The fourth-order valence-corrected chi connectivity index (χ4v) is 2.18. The molecule has 0 aliphatic rings. The summed E-state index contributed by atoms with van der Waals surface area (Å²) in [4.78, 5) is 0. The Bertz CT molecular complexity index is 458. The Hall–Kier alpha value is -1.33. The summed E-state index contributed by atoms with van der Waals surface area (Å²) in [5.41, 5.74) is 1.65. The minimum Gasteiger partial charge on any atom is -0.386 e. The van der Waals surface area contributed by atoms with Gasteiger partial charge in [0.25, 0.3) is 0 Å². The lowest BCUT2D eigenvalue weighted by atomic mass is 10.2. The van der Waals surface area contributed by atoms with Crippen molar-refractivity contribution in [3.05, 3.63) is 42.2 Å². The highest BCUT2D eigenvalue weighted by Crippen LogP contribution is 2.19. The molecule has 1 N–H and O–H groups in total. The number of rotatable bonds is 5. The Morgan fingerprint density at radius 1 is 1.35 bits per heavy atom. The third kappa shape index (κ3) is 2.87. The van der Waals surface area contributed by atoms with Crippen LogP contribution in [0, 0.1) is 0 Å². The normalized spacial score (nSPS) is 12.6. The van der Waals surface area contributed by atoms with Crippen LogP contribution in [0.15, 0.2) is 36.5 Å². The molecule has 1 atom stereocenters. The summed E-state index contributed by atoms with van der Waals surface area (Å²) in [6.45, 7) is 2.07. The predicted molar refractivity (Wildman–Crippen MR) is 69.3 cm³/mol. The smallest absolute Gasteiger partial charge is 0.107 e. The van der Waals surface area contributed by atoms with Gasteiger partial charge in [0.05, 0.1) is 17.6 Å². The van der Waals surface area contributed by atoms with E-state index >= 15 is 0 Å². The lowest BCUT2D eigenvalue weighted by molar-refractivity contribution is 0.196. The van der Waals surface area contributed by atoms with E-state index in [2.05, 4.69) is 17.2 Å². The van der Waals surface area contributed by atoms with E-state index in [0.29, 0.717) is 5.75 Å². The van der Waals surface area contributed by atoms with Gasteiger partial charge in [-0.3, -0.25) is 0 Å². The maximum atomic E-state index is 10.1. The van der Waals surface area contributed by atoms with Crippen LogP contribution in [0.5, 0.6) is 0 Å². The molecule has 1 heterocycles. The molecular formula is C12H15N3OS. The van der Waals surface area contributed by atoms with E-state index in [4.69, 9.17) is 0 Å². The number of thioether (sulfide) groups is 1. The number of benzene rings is 1. The first-order valence-electron chi connectivity index (χ1n) is 5.54. The van der Waals surface area contributed by atoms with Crippen LogP contribution in [-0.4, -0.2) is 31.6 Å². The molecule has 5 heteroatoms. The molecule has 1 unspecified atom stereocenters. The summed E-state index contributed by atoms with van der Waals surface area (Å²) in [6.07, 6.45) is 1.09. The van der Waals surface area contributed by atoms with Crippen molar-refractivity contribution < 1.29 is 5.11 Å². The molecule has 17 heavy (non-hydrogen) atoms. The van der Waals surface area contributed by atoms with Crippen LogP contribution < -0.4 is 0 Å². The highest BCUT2D eigenvalue weighted by Gasteiger charge is 2.14. The number of hydrogen-bond donors (Lipinski definition) is 1. The zero-order valence-corrected chi connectivity index (χ0v) is 10.5. The van der Waals surface area contributed by atoms with Crippen LogP contribution in [0.2, 0.25) is 0 Å². The predicted octanol–water partition coefficient (Wildman–Crippen LogP) is 2.05. The zero-order valence-electron chi connectivity index (χ0n) is 9.65. The van der Waals surface area contributed by atoms with Gasteiger partial charge < -0.3 is 5.11 Å². The number of aliphatic hydroxyl groups excluding tert-OH is 1. The second-order valence-electron chi connectivity index (χ2n) is 3.58. The molecule has 0 saturated heterocycles. The SMILES string of the molecule is CCSCC(O)c1cnnn1-c1ccccc1. The molecule has 0 spiro atoms. The van der Waals surface area contributed by atoms with Gasteiger partial charge in [0.1, 0.15) is 6.10 Å². The Kier molecular flexibility index (Phi) is 4.17. The van der Waals surface area contributed by atoms with E-state index < -0.39 is 6.10 Å². The summed E-state index contributed by atoms with van der Waals surface area (Å²) < 4.78 is 1.68. The van der Waals surface area contributed by atoms with Gasteiger partial charge in [-0.15, -0.1) is 5.10 Å². The fourth-order valence-electron chi connectivity index (χ4n) is 1.55. The monoisotopic (exact) mass is 249 g/mol. The average Bonchev–Trinajstić information content (AvgIpc) is 2.86. The third-order valence-electron chi connectivity index (χ3n) is 2.40. The van der Waals surface area contributed by atoms with E-state index in [1.807, 2.05) is 30.3 Å². The summed E-state index contributed by atoms with van der Waals surface area (Å²) in [5.74, 6) is 1.65. The van der Waals surface area contributed by atoms with Gasteiger partial charge >= 0.3 is 0 Å². The molecule has 0 amide bonds. The number of aromatic nitrogens is 3. The Balaban J connectivity index is 2.23. The molecule has 0 saturated carbocycles. The van der Waals surface area contributed by atoms with Crippen molar-refractivity contribution in [2.24, 2.45) is 0 Å². The van der Waals surface area contributed by atoms with Gasteiger partial charge in [0.2, 0.25) is 0 Å². The van der Waals surface area contributed by atoms with Crippen LogP contribution in [-0.2, 0) is 0 Å². The fraction of sp³-hybridized carbons (Fsp3) is 0.333. The van der Waals surface area contributed by atoms with E-state index in [1.54, 1.807) is 22.6 Å². The van der Waals surface area contributed by atoms with Crippen molar-refractivity contribution in [1.29, 1.82) is 0 Å². The second kappa shape index (κ2) is 5.84. The molecule has 90 valence electrons. The van der Waals surface area contributed by atoms with E-state index in [-0.39, 0.29) is 0 Å². The molecule has 0 fully saturated rings. The van der Waals surface area contributed by atoms with Crippen LogP contribution in [0.25, 0.3) is 5.69 Å². The maximum Gasteiger partial charge on any atom is 0.107 e. The molecule has 0 aliphatic carbocycles. The molecule has 0 radical (unpaired) electrons. The van der Waals surface area contributed by atoms with Crippen molar-refractivity contribution in [2.75, 3.05) is 11.5 Å². The molecule has 4 nitrogen and oxygen atoms in total. The second-order valence-corrected chi connectivity index (χ2v) is 4.90. The lowest BCUT2D eigenvalue weighted by Gasteiger charge is -2.11. The number of para-hydroxylation sites is 1. The lowest BCUT2D eigenvalue weighted by Crippen LogP contribution is -2.09. The largest absolute Gasteiger partial charge is 0.386 e. The van der Waals surface area contributed by atoms with Crippen molar-refractivity contribution in [1.82, 2.24) is 15.0 Å². The molecule has 2 rings (SSSR count). The molecule has 0 bridgehead atoms. The molecule has 0 aliphatic heterocycles. The Morgan fingerprint density at radius 3 is 2.82 bits per heavy atom. The number of nitrogens with zero attached hydrogens (tertiary/aromatic N) is 3. The zero-order chi connectivity index (χ0) is 12.1. The molecule has 1 aromatic heterocycles. The first-order valence-corrected chi connectivity index (χ1v) is 6.70. The summed E-state index contributed by atoms with van der Waals surface area (Å²) in [5, 5.41) is 17.9. The summed E-state index contributed by atoms with van der Waals surface area (Å²) in [7, 11) is 0. The number of hydrogen-bond acceptors (Lipinski definition) is 4. The summed E-state index contributed by atoms with van der Waals surface area (Å²) >= 11 is 1.70. The van der Waals surface area contributed by atoms with Gasteiger partial charge in [-0.2, -0.15) is 11.8 Å². The van der Waals surface area contributed by atoms with Crippen molar-refractivity contribution >= 4 is 11.8 Å². The standard InChI is InChI=1S/C12H15N3OS/c1-2-17-9-12(16)11-8-13-14-15(11)10-6-4-3-5-7-10/h3-8,12,16H,2,9H2,1H3.